The number of hydrogen-bond donors (Lipinski definition) is 1. The lowest BCUT2D eigenvalue weighted by Crippen LogP contribution is -2.12. The number of nitrogens with one attached hydrogen (secondary N) is 1. The molecular weight excluding hydrogens is 438 g/mol. The molecule has 0 aliphatic carbocycles. The van der Waals surface area contributed by atoms with Gasteiger partial charge in [-0.2, -0.15) is 13.9 Å². The number of fused-ring (bicyclic) bond motifs is 1. The number of nitrogens with zero attached hydrogens (tertiary/aromatic N) is 3. The molecule has 4 aromatic rings. The third-order valence-corrected chi connectivity index (χ3v) is 5.33. The molecule has 6 nitrogen and oxygen atoms in total. The Labute approximate surface area is 186 Å². The lowest BCUT2D eigenvalue weighted by Gasteiger charge is -2.10. The Kier molecular flexibility index (Phi) is 5.07. The first-order valence-electron chi connectivity index (χ1n) is 9.66. The van der Waals surface area contributed by atoms with E-state index < -0.39 is 6.61 Å². The summed E-state index contributed by atoms with van der Waals surface area (Å²) in [4.78, 5) is 16.2. The largest absolute Gasteiger partial charge is 0.435 e. The molecule has 1 aliphatic heterocycles. The summed E-state index contributed by atoms with van der Waals surface area (Å²) in [6, 6.07) is 15.3. The van der Waals surface area contributed by atoms with Crippen LogP contribution < -0.4 is 10.1 Å². The predicted molar refractivity (Wildman–Crippen MR) is 115 cm³/mol. The lowest BCUT2D eigenvalue weighted by molar-refractivity contribution is -0.0498. The van der Waals surface area contributed by atoms with Crippen LogP contribution >= 0.6 is 11.6 Å². The fourth-order valence-electron chi connectivity index (χ4n) is 3.77. The fourth-order valence-corrected chi connectivity index (χ4v) is 3.99. The molecule has 0 spiro atoms. The first-order valence-corrected chi connectivity index (χ1v) is 10.0. The van der Waals surface area contributed by atoms with Crippen LogP contribution in [0.4, 0.5) is 8.78 Å². The van der Waals surface area contributed by atoms with E-state index in [1.54, 1.807) is 41.3 Å². The molecule has 1 aliphatic rings. The molecule has 2 aromatic carbocycles. The normalized spacial score (nSPS) is 12.7. The van der Waals surface area contributed by atoms with Crippen LogP contribution in [0.5, 0.6) is 5.75 Å². The zero-order chi connectivity index (χ0) is 22.2. The van der Waals surface area contributed by atoms with Crippen LogP contribution in [0.2, 0.25) is 5.02 Å². The van der Waals surface area contributed by atoms with E-state index in [1.807, 2.05) is 18.2 Å². The van der Waals surface area contributed by atoms with Gasteiger partial charge in [-0.15, -0.1) is 0 Å². The van der Waals surface area contributed by atoms with E-state index in [1.165, 1.54) is 12.1 Å². The van der Waals surface area contributed by atoms with Crippen molar-refractivity contribution in [2.45, 2.75) is 13.2 Å². The number of rotatable bonds is 5. The zero-order valence-corrected chi connectivity index (χ0v) is 17.2. The minimum absolute atomic E-state index is 0.0570. The Morgan fingerprint density at radius 2 is 1.94 bits per heavy atom. The molecule has 0 atom stereocenters. The third kappa shape index (κ3) is 3.69. The van der Waals surface area contributed by atoms with E-state index in [2.05, 4.69) is 15.0 Å². The van der Waals surface area contributed by atoms with E-state index in [4.69, 9.17) is 16.7 Å². The molecular formula is C23H15ClF2N4O2. The highest BCUT2D eigenvalue weighted by Gasteiger charge is 2.24. The Morgan fingerprint density at radius 1 is 1.09 bits per heavy atom. The number of aromatic nitrogens is 3. The summed E-state index contributed by atoms with van der Waals surface area (Å²) in [6.45, 7) is -2.57. The number of hydrogen-bond acceptors (Lipinski definition) is 4. The molecule has 0 saturated carbocycles. The number of amides is 1. The molecule has 0 saturated heterocycles. The molecule has 160 valence electrons. The summed E-state index contributed by atoms with van der Waals surface area (Å²) < 4.78 is 31.8. The summed E-state index contributed by atoms with van der Waals surface area (Å²) in [6.07, 6.45) is 3.28. The maximum absolute atomic E-state index is 12.8. The first-order chi connectivity index (χ1) is 15.5. The van der Waals surface area contributed by atoms with Crippen molar-refractivity contribution in [2.24, 2.45) is 0 Å². The maximum Gasteiger partial charge on any atom is 0.387 e. The fraction of sp³-hybridized carbons (Fsp3) is 0.0870. The summed E-state index contributed by atoms with van der Waals surface area (Å²) >= 11 is 6.19. The Hall–Kier alpha value is -3.78. The summed E-state index contributed by atoms with van der Waals surface area (Å²) in [5.41, 5.74) is 4.70. The smallest absolute Gasteiger partial charge is 0.387 e. The molecule has 32 heavy (non-hydrogen) atoms. The Morgan fingerprint density at radius 3 is 2.72 bits per heavy atom. The highest BCUT2D eigenvalue weighted by atomic mass is 35.5. The second-order valence-corrected chi connectivity index (χ2v) is 7.54. The Bertz CT molecular complexity index is 1330. The van der Waals surface area contributed by atoms with Gasteiger partial charge in [0, 0.05) is 34.5 Å². The van der Waals surface area contributed by atoms with E-state index >= 15 is 0 Å². The molecule has 2 aromatic heterocycles. The van der Waals surface area contributed by atoms with Gasteiger partial charge in [0.2, 0.25) is 0 Å². The molecule has 0 unspecified atom stereocenters. The quantitative estimate of drug-likeness (QED) is 0.457. The number of alkyl halides is 2. The van der Waals surface area contributed by atoms with Crippen molar-refractivity contribution in [3.05, 3.63) is 83.1 Å². The van der Waals surface area contributed by atoms with E-state index in [0.717, 1.165) is 11.1 Å². The average Bonchev–Trinajstić information content (AvgIpc) is 3.38. The lowest BCUT2D eigenvalue weighted by atomic mass is 10.00. The first kappa shape index (κ1) is 20.1. The molecule has 9 heteroatoms. The SMILES string of the molecule is O=C1NCc2c1cccc2-c1cc(-c2cc(Cl)cc(OC(F)F)c2)n(-c2cccnc2)n1. The van der Waals surface area contributed by atoms with Crippen molar-refractivity contribution in [2.75, 3.05) is 0 Å². The van der Waals surface area contributed by atoms with Gasteiger partial charge < -0.3 is 10.1 Å². The van der Waals surface area contributed by atoms with Gasteiger partial charge in [0.1, 0.15) is 5.75 Å². The average molecular weight is 453 g/mol. The van der Waals surface area contributed by atoms with Gasteiger partial charge in [-0.05, 0) is 48.0 Å². The second-order valence-electron chi connectivity index (χ2n) is 7.11. The number of ether oxygens (including phenoxy) is 1. The number of carbonyl (C=O) groups is 1. The van der Waals surface area contributed by atoms with Crippen molar-refractivity contribution in [1.29, 1.82) is 0 Å². The van der Waals surface area contributed by atoms with Gasteiger partial charge >= 0.3 is 6.61 Å². The van der Waals surface area contributed by atoms with Crippen molar-refractivity contribution in [3.63, 3.8) is 0 Å². The minimum Gasteiger partial charge on any atom is -0.435 e. The second kappa shape index (κ2) is 8.05. The number of halogens is 3. The van der Waals surface area contributed by atoms with Gasteiger partial charge in [0.15, 0.2) is 0 Å². The topological polar surface area (TPSA) is 69.0 Å². The maximum atomic E-state index is 12.8. The van der Waals surface area contributed by atoms with Gasteiger partial charge in [0.25, 0.3) is 5.91 Å². The van der Waals surface area contributed by atoms with Crippen molar-refractivity contribution < 1.29 is 18.3 Å². The van der Waals surface area contributed by atoms with Crippen LogP contribution in [0.25, 0.3) is 28.2 Å². The molecule has 1 N–H and O–H groups in total. The highest BCUT2D eigenvalue weighted by molar-refractivity contribution is 6.31. The summed E-state index contributed by atoms with van der Waals surface area (Å²) in [7, 11) is 0. The van der Waals surface area contributed by atoms with Crippen LogP contribution in [0, 0.1) is 0 Å². The molecule has 0 radical (unpaired) electrons. The van der Waals surface area contributed by atoms with Crippen molar-refractivity contribution in [1.82, 2.24) is 20.1 Å². The van der Waals surface area contributed by atoms with Crippen LogP contribution in [-0.2, 0) is 6.54 Å². The molecule has 5 rings (SSSR count). The monoisotopic (exact) mass is 452 g/mol. The van der Waals surface area contributed by atoms with E-state index in [0.29, 0.717) is 34.7 Å². The van der Waals surface area contributed by atoms with Crippen LogP contribution in [0.1, 0.15) is 15.9 Å². The minimum atomic E-state index is -2.97. The van der Waals surface area contributed by atoms with E-state index in [-0.39, 0.29) is 16.7 Å². The standard InChI is InChI=1S/C23H15ClF2N4O2/c24-14-7-13(8-16(9-14)32-23(25)26)21-10-20(29-30(21)15-3-2-6-27-11-15)17-4-1-5-18-19(17)12-28-22(18)31/h1-11,23H,12H2,(H,28,31). The van der Waals surface area contributed by atoms with Gasteiger partial charge in [-0.1, -0.05) is 23.7 Å². The molecule has 3 heterocycles. The summed E-state index contributed by atoms with van der Waals surface area (Å²) in [5, 5.41) is 7.82. The number of pyridine rings is 1. The molecule has 1 amide bonds. The highest BCUT2D eigenvalue weighted by Crippen LogP contribution is 2.35. The van der Waals surface area contributed by atoms with Crippen LogP contribution in [0.3, 0.4) is 0 Å². The van der Waals surface area contributed by atoms with E-state index in [9.17, 15) is 13.6 Å². The Balaban J connectivity index is 1.70. The summed E-state index contributed by atoms with van der Waals surface area (Å²) in [5.74, 6) is -0.184. The number of benzene rings is 2. The van der Waals surface area contributed by atoms with Gasteiger partial charge in [0.05, 0.1) is 23.3 Å². The predicted octanol–water partition coefficient (Wildman–Crippen LogP) is 5.10. The van der Waals surface area contributed by atoms with Gasteiger partial charge in [-0.25, -0.2) is 4.68 Å². The molecule has 0 bridgehead atoms. The van der Waals surface area contributed by atoms with Crippen molar-refractivity contribution in [3.8, 4) is 34.0 Å². The van der Waals surface area contributed by atoms with Crippen molar-refractivity contribution >= 4 is 17.5 Å². The van der Waals surface area contributed by atoms with Gasteiger partial charge in [-0.3, -0.25) is 9.78 Å². The third-order valence-electron chi connectivity index (χ3n) is 5.11. The number of carbonyl (C=O) groups excluding carboxylic acids is 1. The van der Waals surface area contributed by atoms with Crippen LogP contribution in [-0.4, -0.2) is 27.3 Å². The zero-order valence-electron chi connectivity index (χ0n) is 16.4. The van der Waals surface area contributed by atoms with Crippen LogP contribution in [0.15, 0.2) is 67.0 Å². The molecule has 0 fully saturated rings.